The fraction of sp³-hybridized carbons (Fsp3) is 0.679. The number of carbonyl (C=O) groups is 1. The van der Waals surface area contributed by atoms with E-state index in [0.717, 1.165) is 17.6 Å². The van der Waals surface area contributed by atoms with Crippen molar-refractivity contribution in [1.29, 1.82) is 0 Å². The Bertz CT molecular complexity index is 660. The van der Waals surface area contributed by atoms with Gasteiger partial charge in [-0.3, -0.25) is 4.79 Å². The second kappa shape index (κ2) is 13.0. The van der Waals surface area contributed by atoms with Crippen LogP contribution < -0.4 is 5.32 Å². The number of allylic oxidation sites excluding steroid dienone is 7. The maximum atomic E-state index is 13.2. The van der Waals surface area contributed by atoms with Crippen LogP contribution in [0.4, 0.5) is 0 Å². The molecule has 0 aromatic rings. The van der Waals surface area contributed by atoms with Gasteiger partial charge in [-0.15, -0.1) is 0 Å². The molecule has 1 rings (SSSR count). The molecule has 0 spiro atoms. The Morgan fingerprint density at radius 1 is 1.13 bits per heavy atom. The third-order valence-corrected chi connectivity index (χ3v) is 6.74. The molecule has 0 bridgehead atoms. The molecule has 0 aromatic carbocycles. The number of carbonyl (C=O) groups excluding carboxylic acids is 1. The summed E-state index contributed by atoms with van der Waals surface area (Å²) in [6, 6.07) is 0.275. The molecule has 170 valence electrons. The van der Waals surface area contributed by atoms with E-state index < -0.39 is 0 Å². The van der Waals surface area contributed by atoms with Gasteiger partial charge >= 0.3 is 0 Å². The largest absolute Gasteiger partial charge is 0.349 e. The van der Waals surface area contributed by atoms with Gasteiger partial charge in [0, 0.05) is 11.6 Å². The van der Waals surface area contributed by atoms with Crippen LogP contribution in [-0.4, -0.2) is 11.9 Å². The lowest BCUT2D eigenvalue weighted by molar-refractivity contribution is -0.119. The number of nitrogens with one attached hydrogen (secondary N) is 1. The van der Waals surface area contributed by atoms with Crippen LogP contribution in [0.3, 0.4) is 0 Å². The van der Waals surface area contributed by atoms with Gasteiger partial charge in [-0.1, -0.05) is 71.8 Å². The average molecular weight is 414 g/mol. The SMILES string of the molecule is C\C=C/C(/C=C(\C)C(=O)NC(C(CCC)CC(C)CC)C1(C)CC1)=C(C)/C=C/CC. The molecule has 1 saturated carbocycles. The van der Waals surface area contributed by atoms with Crippen molar-refractivity contribution in [3.8, 4) is 0 Å². The van der Waals surface area contributed by atoms with Crippen molar-refractivity contribution in [3.63, 3.8) is 0 Å². The molecule has 2 nitrogen and oxygen atoms in total. The lowest BCUT2D eigenvalue weighted by Crippen LogP contribution is -2.46. The van der Waals surface area contributed by atoms with Crippen molar-refractivity contribution in [1.82, 2.24) is 5.32 Å². The second-order valence-electron chi connectivity index (χ2n) is 9.68. The fourth-order valence-electron chi connectivity index (χ4n) is 4.26. The van der Waals surface area contributed by atoms with Crippen molar-refractivity contribution >= 4 is 5.91 Å². The van der Waals surface area contributed by atoms with Crippen LogP contribution in [0.5, 0.6) is 0 Å². The summed E-state index contributed by atoms with van der Waals surface area (Å²) in [6.45, 7) is 17.5. The topological polar surface area (TPSA) is 29.1 Å². The smallest absolute Gasteiger partial charge is 0.247 e. The van der Waals surface area contributed by atoms with Crippen LogP contribution in [0.2, 0.25) is 0 Å². The van der Waals surface area contributed by atoms with E-state index in [1.807, 2.05) is 26.0 Å². The fourth-order valence-corrected chi connectivity index (χ4v) is 4.26. The molecule has 2 heteroatoms. The Balaban J connectivity index is 3.10. The van der Waals surface area contributed by atoms with Gasteiger partial charge < -0.3 is 5.32 Å². The van der Waals surface area contributed by atoms with Crippen LogP contribution >= 0.6 is 0 Å². The first-order valence-corrected chi connectivity index (χ1v) is 12.2. The van der Waals surface area contributed by atoms with Crippen molar-refractivity contribution in [3.05, 3.63) is 47.1 Å². The van der Waals surface area contributed by atoms with Gasteiger partial charge in [0.15, 0.2) is 0 Å². The minimum atomic E-state index is 0.0904. The maximum absolute atomic E-state index is 13.2. The highest BCUT2D eigenvalue weighted by atomic mass is 16.1. The van der Waals surface area contributed by atoms with Gasteiger partial charge in [0.05, 0.1) is 0 Å². The molecule has 3 unspecified atom stereocenters. The zero-order valence-electron chi connectivity index (χ0n) is 21.0. The molecule has 0 heterocycles. The highest BCUT2D eigenvalue weighted by Gasteiger charge is 2.48. The first kappa shape index (κ1) is 26.5. The van der Waals surface area contributed by atoms with E-state index in [9.17, 15) is 4.79 Å². The number of hydrogen-bond acceptors (Lipinski definition) is 1. The standard InChI is InChI=1S/C28H47NO/c1-9-13-16-22(6)24(14-10-2)20-23(7)27(30)29-26(28(8)17-18-28)25(15-11-3)19-21(5)12-4/h10,13-14,16,20-21,25-26H,9,11-12,15,17-19H2,1-8H3,(H,29,30)/b14-10-,16-13+,23-20+,24-22-. The lowest BCUT2D eigenvalue weighted by Gasteiger charge is -2.34. The summed E-state index contributed by atoms with van der Waals surface area (Å²) in [4.78, 5) is 13.2. The van der Waals surface area contributed by atoms with Gasteiger partial charge in [-0.05, 0) is 87.3 Å². The minimum Gasteiger partial charge on any atom is -0.349 e. The molecule has 3 atom stereocenters. The van der Waals surface area contributed by atoms with Gasteiger partial charge in [0.2, 0.25) is 5.91 Å². The molecule has 1 amide bonds. The quantitative estimate of drug-likeness (QED) is 0.241. The summed E-state index contributed by atoms with van der Waals surface area (Å²) in [5, 5.41) is 3.49. The van der Waals surface area contributed by atoms with Crippen LogP contribution in [-0.2, 0) is 4.79 Å². The van der Waals surface area contributed by atoms with E-state index in [0.29, 0.717) is 11.8 Å². The molecular formula is C28H47NO. The van der Waals surface area contributed by atoms with Crippen LogP contribution in [0.1, 0.15) is 100 Å². The number of rotatable bonds is 13. The molecule has 30 heavy (non-hydrogen) atoms. The summed E-state index contributed by atoms with van der Waals surface area (Å²) >= 11 is 0. The van der Waals surface area contributed by atoms with E-state index in [-0.39, 0.29) is 17.4 Å². The van der Waals surface area contributed by atoms with Gasteiger partial charge in [0.25, 0.3) is 0 Å². The molecule has 1 fully saturated rings. The Labute approximate surface area is 187 Å². The first-order valence-electron chi connectivity index (χ1n) is 12.2. The third kappa shape index (κ3) is 8.28. The molecule has 0 saturated heterocycles. The lowest BCUT2D eigenvalue weighted by atomic mass is 9.78. The summed E-state index contributed by atoms with van der Waals surface area (Å²) in [7, 11) is 0. The van der Waals surface area contributed by atoms with Crippen molar-refractivity contribution < 1.29 is 4.79 Å². The summed E-state index contributed by atoms with van der Waals surface area (Å²) in [5.74, 6) is 1.36. The monoisotopic (exact) mass is 413 g/mol. The van der Waals surface area contributed by atoms with Gasteiger partial charge in [-0.25, -0.2) is 0 Å². The number of hydrogen-bond donors (Lipinski definition) is 1. The average Bonchev–Trinajstić information content (AvgIpc) is 3.47. The van der Waals surface area contributed by atoms with E-state index in [4.69, 9.17) is 0 Å². The maximum Gasteiger partial charge on any atom is 0.247 e. The molecule has 0 aromatic heterocycles. The second-order valence-corrected chi connectivity index (χ2v) is 9.68. The van der Waals surface area contributed by atoms with Crippen molar-refractivity contribution in [2.24, 2.45) is 17.3 Å². The summed E-state index contributed by atoms with van der Waals surface area (Å²) in [5.41, 5.74) is 3.35. The van der Waals surface area contributed by atoms with Gasteiger partial charge in [-0.2, -0.15) is 0 Å². The van der Waals surface area contributed by atoms with E-state index in [1.165, 1.54) is 44.1 Å². The Morgan fingerprint density at radius 2 is 1.80 bits per heavy atom. The summed E-state index contributed by atoms with van der Waals surface area (Å²) in [6.07, 6.45) is 18.7. The van der Waals surface area contributed by atoms with E-state index in [1.54, 1.807) is 0 Å². The van der Waals surface area contributed by atoms with E-state index in [2.05, 4.69) is 65.1 Å². The minimum absolute atomic E-state index is 0.0904. The van der Waals surface area contributed by atoms with Crippen molar-refractivity contribution in [2.75, 3.05) is 0 Å². The first-order chi connectivity index (χ1) is 14.2. The predicted octanol–water partition coefficient (Wildman–Crippen LogP) is 7.93. The highest BCUT2D eigenvalue weighted by Crippen LogP contribution is 2.51. The Morgan fingerprint density at radius 3 is 2.30 bits per heavy atom. The summed E-state index contributed by atoms with van der Waals surface area (Å²) < 4.78 is 0. The zero-order valence-corrected chi connectivity index (χ0v) is 21.0. The zero-order chi connectivity index (χ0) is 22.7. The third-order valence-electron chi connectivity index (χ3n) is 6.74. The van der Waals surface area contributed by atoms with Crippen LogP contribution in [0.15, 0.2) is 47.1 Å². The van der Waals surface area contributed by atoms with E-state index >= 15 is 0 Å². The Kier molecular flexibility index (Phi) is 11.4. The predicted molar refractivity (Wildman–Crippen MR) is 132 cm³/mol. The molecule has 1 aliphatic rings. The molecule has 0 aliphatic heterocycles. The number of amides is 1. The van der Waals surface area contributed by atoms with Crippen LogP contribution in [0, 0.1) is 17.3 Å². The highest BCUT2D eigenvalue weighted by molar-refractivity contribution is 5.93. The van der Waals surface area contributed by atoms with Crippen molar-refractivity contribution in [2.45, 2.75) is 106 Å². The van der Waals surface area contributed by atoms with Crippen LogP contribution in [0.25, 0.3) is 0 Å². The normalized spacial score (nSPS) is 20.2. The molecular weight excluding hydrogens is 366 g/mol. The Hall–Kier alpha value is -1.57. The molecule has 0 radical (unpaired) electrons. The molecule has 1 N–H and O–H groups in total. The molecule has 1 aliphatic carbocycles. The van der Waals surface area contributed by atoms with Gasteiger partial charge in [0.1, 0.15) is 0 Å².